The molecule has 1 unspecified atom stereocenters. The molecule has 82 valence electrons. The Labute approximate surface area is 86.3 Å². The van der Waals surface area contributed by atoms with Crippen molar-refractivity contribution in [2.45, 2.75) is 12.5 Å². The van der Waals surface area contributed by atoms with E-state index in [9.17, 15) is 13.6 Å². The van der Waals surface area contributed by atoms with Gasteiger partial charge in [0.25, 0.3) is 0 Å². The molecule has 0 spiro atoms. The maximum atomic E-state index is 13.2. The summed E-state index contributed by atoms with van der Waals surface area (Å²) in [5.74, 6) is -1.49. The van der Waals surface area contributed by atoms with Crippen LogP contribution in [0.2, 0.25) is 0 Å². The van der Waals surface area contributed by atoms with Crippen molar-refractivity contribution in [2.75, 3.05) is 7.05 Å². The summed E-state index contributed by atoms with van der Waals surface area (Å²) in [6.45, 7) is 0. The highest BCUT2D eigenvalue weighted by molar-refractivity contribution is 5.76. The first-order valence-electron chi connectivity index (χ1n) is 4.45. The van der Waals surface area contributed by atoms with Gasteiger partial charge in [-0.1, -0.05) is 0 Å². The number of hydrogen-bond donors (Lipinski definition) is 2. The molecule has 0 bridgehead atoms. The van der Waals surface area contributed by atoms with Crippen LogP contribution in [0, 0.1) is 11.6 Å². The number of hydrogen-bond acceptors (Lipinski definition) is 2. The molecule has 5 heteroatoms. The monoisotopic (exact) mass is 214 g/mol. The fourth-order valence-corrected chi connectivity index (χ4v) is 1.21. The number of nitrogens with two attached hydrogens (primary N) is 1. The Kier molecular flexibility index (Phi) is 3.74. The van der Waals surface area contributed by atoms with Crippen molar-refractivity contribution >= 4 is 5.91 Å². The molecule has 0 aromatic heterocycles. The third kappa shape index (κ3) is 2.99. The average Bonchev–Trinajstić information content (AvgIpc) is 2.21. The molecule has 0 fully saturated rings. The molecule has 0 radical (unpaired) electrons. The van der Waals surface area contributed by atoms with E-state index in [-0.39, 0.29) is 17.9 Å². The predicted molar refractivity (Wildman–Crippen MR) is 52.0 cm³/mol. The van der Waals surface area contributed by atoms with Gasteiger partial charge in [0.2, 0.25) is 5.91 Å². The van der Waals surface area contributed by atoms with Gasteiger partial charge in [0, 0.05) is 25.1 Å². The van der Waals surface area contributed by atoms with Gasteiger partial charge in [-0.25, -0.2) is 8.78 Å². The SMILES string of the molecule is CNC(=O)CC(N)c1cc(F)ccc1F. The highest BCUT2D eigenvalue weighted by Gasteiger charge is 2.15. The molecule has 1 amide bonds. The lowest BCUT2D eigenvalue weighted by Gasteiger charge is -2.11. The fourth-order valence-electron chi connectivity index (χ4n) is 1.21. The molecule has 0 saturated heterocycles. The Morgan fingerprint density at radius 2 is 2.20 bits per heavy atom. The van der Waals surface area contributed by atoms with Gasteiger partial charge < -0.3 is 11.1 Å². The maximum absolute atomic E-state index is 13.2. The maximum Gasteiger partial charge on any atom is 0.221 e. The number of halogens is 2. The van der Waals surface area contributed by atoms with Crippen LogP contribution < -0.4 is 11.1 Å². The lowest BCUT2D eigenvalue weighted by Crippen LogP contribution is -2.24. The standard InChI is InChI=1S/C10H12F2N2O/c1-14-10(15)5-9(13)7-4-6(11)2-3-8(7)12/h2-4,9H,5,13H2,1H3,(H,14,15). The molecule has 0 aliphatic rings. The summed E-state index contributed by atoms with van der Waals surface area (Å²) in [4.78, 5) is 11.0. The molecule has 0 heterocycles. The largest absolute Gasteiger partial charge is 0.359 e. The van der Waals surface area contributed by atoms with E-state index in [2.05, 4.69) is 5.32 Å². The van der Waals surface area contributed by atoms with Gasteiger partial charge in [0.15, 0.2) is 0 Å². The van der Waals surface area contributed by atoms with Crippen LogP contribution in [-0.2, 0) is 4.79 Å². The third-order valence-electron chi connectivity index (χ3n) is 2.04. The topological polar surface area (TPSA) is 55.1 Å². The average molecular weight is 214 g/mol. The van der Waals surface area contributed by atoms with Gasteiger partial charge in [0.05, 0.1) is 0 Å². The van der Waals surface area contributed by atoms with Gasteiger partial charge in [-0.05, 0) is 18.2 Å². The van der Waals surface area contributed by atoms with Gasteiger partial charge >= 0.3 is 0 Å². The Morgan fingerprint density at radius 1 is 1.53 bits per heavy atom. The summed E-state index contributed by atoms with van der Waals surface area (Å²) in [5, 5.41) is 2.36. The molecule has 3 nitrogen and oxygen atoms in total. The van der Waals surface area contributed by atoms with Crippen LogP contribution in [0.4, 0.5) is 8.78 Å². The number of rotatable bonds is 3. The van der Waals surface area contributed by atoms with E-state index in [0.717, 1.165) is 18.2 Å². The molecular formula is C10H12F2N2O. The molecule has 1 aromatic carbocycles. The van der Waals surface area contributed by atoms with Crippen LogP contribution in [0.5, 0.6) is 0 Å². The Bertz CT molecular complexity index is 368. The Balaban J connectivity index is 2.85. The molecular weight excluding hydrogens is 202 g/mol. The summed E-state index contributed by atoms with van der Waals surface area (Å²) in [5.41, 5.74) is 5.59. The van der Waals surface area contributed by atoms with E-state index < -0.39 is 17.7 Å². The first kappa shape index (κ1) is 11.6. The predicted octanol–water partition coefficient (Wildman–Crippen LogP) is 1.10. The molecule has 1 rings (SSSR count). The molecule has 1 aromatic rings. The molecule has 0 aliphatic heterocycles. The minimum absolute atomic E-state index is 0.0126. The van der Waals surface area contributed by atoms with Gasteiger partial charge in [-0.15, -0.1) is 0 Å². The van der Waals surface area contributed by atoms with Crippen molar-refractivity contribution in [1.29, 1.82) is 0 Å². The highest BCUT2D eigenvalue weighted by atomic mass is 19.1. The lowest BCUT2D eigenvalue weighted by molar-refractivity contribution is -0.120. The minimum Gasteiger partial charge on any atom is -0.359 e. The second-order valence-electron chi connectivity index (χ2n) is 3.15. The fraction of sp³-hybridized carbons (Fsp3) is 0.300. The summed E-state index contributed by atoms with van der Waals surface area (Å²) in [6, 6.07) is 2.17. The van der Waals surface area contributed by atoms with Gasteiger partial charge in [-0.3, -0.25) is 4.79 Å². The minimum atomic E-state index is -0.833. The number of nitrogens with one attached hydrogen (secondary N) is 1. The number of benzene rings is 1. The summed E-state index contributed by atoms with van der Waals surface area (Å²) >= 11 is 0. The molecule has 1 atom stereocenters. The second-order valence-corrected chi connectivity index (χ2v) is 3.15. The quantitative estimate of drug-likeness (QED) is 0.791. The van der Waals surface area contributed by atoms with Crippen LogP contribution in [0.1, 0.15) is 18.0 Å². The van der Waals surface area contributed by atoms with E-state index in [4.69, 9.17) is 5.73 Å². The first-order valence-corrected chi connectivity index (χ1v) is 4.45. The molecule has 0 aliphatic carbocycles. The number of carbonyl (C=O) groups is 1. The zero-order valence-corrected chi connectivity index (χ0v) is 8.26. The van der Waals surface area contributed by atoms with Crippen LogP contribution in [0.15, 0.2) is 18.2 Å². The summed E-state index contributed by atoms with van der Waals surface area (Å²) in [7, 11) is 1.46. The normalized spacial score (nSPS) is 12.3. The van der Waals surface area contributed by atoms with Crippen molar-refractivity contribution in [3.63, 3.8) is 0 Å². The number of amides is 1. The highest BCUT2D eigenvalue weighted by Crippen LogP contribution is 2.18. The smallest absolute Gasteiger partial charge is 0.221 e. The lowest BCUT2D eigenvalue weighted by atomic mass is 10.0. The Morgan fingerprint density at radius 3 is 2.80 bits per heavy atom. The van der Waals surface area contributed by atoms with E-state index in [1.54, 1.807) is 0 Å². The van der Waals surface area contributed by atoms with Crippen LogP contribution in [-0.4, -0.2) is 13.0 Å². The van der Waals surface area contributed by atoms with Gasteiger partial charge in [-0.2, -0.15) is 0 Å². The Hall–Kier alpha value is -1.49. The molecule has 0 saturated carbocycles. The zero-order chi connectivity index (χ0) is 11.4. The van der Waals surface area contributed by atoms with Gasteiger partial charge in [0.1, 0.15) is 11.6 Å². The molecule has 3 N–H and O–H groups in total. The zero-order valence-electron chi connectivity index (χ0n) is 8.26. The van der Waals surface area contributed by atoms with Crippen LogP contribution in [0.25, 0.3) is 0 Å². The van der Waals surface area contributed by atoms with Crippen molar-refractivity contribution in [1.82, 2.24) is 5.32 Å². The number of carbonyl (C=O) groups excluding carboxylic acids is 1. The van der Waals surface area contributed by atoms with E-state index in [1.807, 2.05) is 0 Å². The second kappa shape index (κ2) is 4.84. The van der Waals surface area contributed by atoms with Crippen LogP contribution >= 0.6 is 0 Å². The molecule has 15 heavy (non-hydrogen) atoms. The van der Waals surface area contributed by atoms with E-state index >= 15 is 0 Å². The van der Waals surface area contributed by atoms with Crippen molar-refractivity contribution in [2.24, 2.45) is 5.73 Å². The first-order chi connectivity index (χ1) is 7.04. The van der Waals surface area contributed by atoms with Crippen molar-refractivity contribution in [3.05, 3.63) is 35.4 Å². The van der Waals surface area contributed by atoms with E-state index in [0.29, 0.717) is 0 Å². The summed E-state index contributed by atoms with van der Waals surface area (Å²) < 4.78 is 26.0. The van der Waals surface area contributed by atoms with Crippen LogP contribution in [0.3, 0.4) is 0 Å². The van der Waals surface area contributed by atoms with Crippen molar-refractivity contribution in [3.8, 4) is 0 Å². The summed E-state index contributed by atoms with van der Waals surface area (Å²) in [6.07, 6.45) is -0.0725. The van der Waals surface area contributed by atoms with Crippen molar-refractivity contribution < 1.29 is 13.6 Å². The van der Waals surface area contributed by atoms with E-state index in [1.165, 1.54) is 7.05 Å². The third-order valence-corrected chi connectivity index (χ3v) is 2.04.